The molecule has 0 aliphatic carbocycles. The molecule has 1 atom stereocenters. The topological polar surface area (TPSA) is 188 Å². The molecule has 0 radical (unpaired) electrons. The molecule has 18 heteroatoms. The first-order chi connectivity index (χ1) is 23.6. The molecule has 0 aromatic heterocycles. The summed E-state index contributed by atoms with van der Waals surface area (Å²) in [6.07, 6.45) is -0.165. The van der Waals surface area contributed by atoms with Crippen LogP contribution >= 0.6 is 0 Å². The van der Waals surface area contributed by atoms with Crippen molar-refractivity contribution >= 4 is 29.8 Å². The zero-order valence-electron chi connectivity index (χ0n) is 26.9. The van der Waals surface area contributed by atoms with Crippen LogP contribution in [0, 0.1) is 23.3 Å². The van der Waals surface area contributed by atoms with E-state index in [1.54, 1.807) is 43.9 Å². The van der Waals surface area contributed by atoms with Gasteiger partial charge in [-0.25, -0.2) is 8.78 Å². The van der Waals surface area contributed by atoms with Gasteiger partial charge in [0.25, 0.3) is 0 Å². The highest BCUT2D eigenvalue weighted by atomic mass is 19.2. The standard InChI is InChI=1S/C32H38F4N4O10/c33-23-14-24(34)31(36)32(30(23)35)50-29(49)6-5-20-1-3-21(4-2-20)13-22-15-39(18-27(45)46)10-9-37(16-25(41)42)7-8-38(17-26(43)44)11-12-40(22)19-28(47)48/h1-4,14,22H,5-13,15-19H2,(H,41,42)(H,43,44)(H,45,46)(H,47,48)/t22-/m0/s1. The Labute approximate surface area is 284 Å². The summed E-state index contributed by atoms with van der Waals surface area (Å²) in [6.45, 7) is -0.636. The first-order valence-electron chi connectivity index (χ1n) is 15.5. The van der Waals surface area contributed by atoms with Gasteiger partial charge in [0.15, 0.2) is 11.6 Å². The normalized spacial score (nSPS) is 17.4. The molecule has 3 rings (SSSR count). The van der Waals surface area contributed by atoms with Crippen LogP contribution in [0.1, 0.15) is 17.5 Å². The van der Waals surface area contributed by atoms with Crippen molar-refractivity contribution in [1.29, 1.82) is 0 Å². The maximum Gasteiger partial charge on any atom is 0.317 e. The number of rotatable bonds is 14. The lowest BCUT2D eigenvalue weighted by molar-refractivity contribution is -0.142. The molecule has 1 fully saturated rings. The molecule has 1 heterocycles. The van der Waals surface area contributed by atoms with Crippen molar-refractivity contribution in [2.45, 2.75) is 25.3 Å². The van der Waals surface area contributed by atoms with E-state index in [2.05, 4.69) is 4.74 Å². The Morgan fingerprint density at radius 1 is 0.640 bits per heavy atom. The molecule has 50 heavy (non-hydrogen) atoms. The van der Waals surface area contributed by atoms with E-state index in [9.17, 15) is 62.0 Å². The number of benzene rings is 2. The van der Waals surface area contributed by atoms with Crippen LogP contribution in [0.5, 0.6) is 5.75 Å². The molecule has 0 unspecified atom stereocenters. The van der Waals surface area contributed by atoms with Crippen molar-refractivity contribution in [1.82, 2.24) is 19.6 Å². The lowest BCUT2D eigenvalue weighted by Crippen LogP contribution is -2.53. The molecule has 1 aliphatic rings. The van der Waals surface area contributed by atoms with Gasteiger partial charge in [-0.2, -0.15) is 8.78 Å². The fourth-order valence-corrected chi connectivity index (χ4v) is 5.52. The van der Waals surface area contributed by atoms with Gasteiger partial charge in [0.1, 0.15) is 0 Å². The number of carbonyl (C=O) groups is 5. The van der Waals surface area contributed by atoms with Crippen LogP contribution in [0.25, 0.3) is 0 Å². The van der Waals surface area contributed by atoms with Crippen LogP contribution in [0.2, 0.25) is 0 Å². The average molecular weight is 715 g/mol. The number of carbonyl (C=O) groups excluding carboxylic acids is 1. The molecular formula is C32H38F4N4O10. The van der Waals surface area contributed by atoms with Crippen LogP contribution in [0.15, 0.2) is 30.3 Å². The van der Waals surface area contributed by atoms with Gasteiger partial charge in [0.2, 0.25) is 17.4 Å². The van der Waals surface area contributed by atoms with Gasteiger partial charge in [0, 0.05) is 64.3 Å². The molecule has 2 aromatic rings. The summed E-state index contributed by atoms with van der Waals surface area (Å²) >= 11 is 0. The number of carboxylic acid groups (broad SMARTS) is 4. The van der Waals surface area contributed by atoms with E-state index >= 15 is 0 Å². The Morgan fingerprint density at radius 2 is 1.08 bits per heavy atom. The largest absolute Gasteiger partial charge is 0.480 e. The Morgan fingerprint density at radius 3 is 1.58 bits per heavy atom. The van der Waals surface area contributed by atoms with Crippen molar-refractivity contribution in [2.24, 2.45) is 0 Å². The summed E-state index contributed by atoms with van der Waals surface area (Å²) in [7, 11) is 0. The summed E-state index contributed by atoms with van der Waals surface area (Å²) in [4.78, 5) is 65.3. The zero-order valence-corrected chi connectivity index (χ0v) is 26.9. The second-order valence-corrected chi connectivity index (χ2v) is 11.8. The minimum absolute atomic E-state index is 0.0135. The van der Waals surface area contributed by atoms with E-state index in [-0.39, 0.29) is 77.8 Å². The summed E-state index contributed by atoms with van der Waals surface area (Å²) < 4.78 is 59.2. The molecule has 2 aromatic carbocycles. The second kappa shape index (κ2) is 18.9. The van der Waals surface area contributed by atoms with Gasteiger partial charge < -0.3 is 25.2 Å². The summed E-state index contributed by atoms with van der Waals surface area (Å²) in [5.41, 5.74) is 1.27. The second-order valence-electron chi connectivity index (χ2n) is 11.8. The molecule has 0 saturated carbocycles. The SMILES string of the molecule is O=C(O)CN1CCN(CC(=O)O)CCN(CC(=O)O)[C@@H](Cc2ccc(CCC(=O)Oc3c(F)c(F)cc(F)c3F)cc2)CN(CC(=O)O)CC1. The molecule has 0 spiro atoms. The summed E-state index contributed by atoms with van der Waals surface area (Å²) in [6, 6.07) is 6.03. The lowest BCUT2D eigenvalue weighted by atomic mass is 10.0. The number of aliphatic carboxylic acids is 4. The van der Waals surface area contributed by atoms with E-state index in [0.29, 0.717) is 11.1 Å². The molecule has 274 valence electrons. The van der Waals surface area contributed by atoms with Crippen LogP contribution in [-0.2, 0) is 36.8 Å². The van der Waals surface area contributed by atoms with Crippen molar-refractivity contribution in [3.8, 4) is 5.75 Å². The number of nitrogens with zero attached hydrogens (tertiary/aromatic N) is 4. The van der Waals surface area contributed by atoms with Crippen molar-refractivity contribution in [3.05, 3.63) is 64.7 Å². The van der Waals surface area contributed by atoms with Gasteiger partial charge in [-0.3, -0.25) is 43.6 Å². The third kappa shape index (κ3) is 13.0. The van der Waals surface area contributed by atoms with E-state index in [4.69, 9.17) is 0 Å². The minimum atomic E-state index is -1.85. The fraction of sp³-hybridized carbons (Fsp3) is 0.469. The maximum atomic E-state index is 13.9. The van der Waals surface area contributed by atoms with E-state index in [1.165, 1.54) is 0 Å². The predicted molar refractivity (Wildman–Crippen MR) is 166 cm³/mol. The molecular weight excluding hydrogens is 676 g/mol. The van der Waals surface area contributed by atoms with Crippen molar-refractivity contribution < 1.29 is 66.7 Å². The van der Waals surface area contributed by atoms with Gasteiger partial charge in [0.05, 0.1) is 26.2 Å². The van der Waals surface area contributed by atoms with Crippen LogP contribution in [0.3, 0.4) is 0 Å². The highest BCUT2D eigenvalue weighted by Gasteiger charge is 2.28. The van der Waals surface area contributed by atoms with Crippen LogP contribution in [-0.4, -0.2) is 148 Å². The van der Waals surface area contributed by atoms with Crippen LogP contribution in [0.4, 0.5) is 17.6 Å². The summed E-state index contributed by atoms with van der Waals surface area (Å²) in [5.74, 6) is -14.3. The number of aryl methyl sites for hydroxylation is 1. The monoisotopic (exact) mass is 714 g/mol. The molecule has 0 bridgehead atoms. The van der Waals surface area contributed by atoms with Gasteiger partial charge >= 0.3 is 29.8 Å². The quantitative estimate of drug-likeness (QED) is 0.0948. The molecule has 0 amide bonds. The van der Waals surface area contributed by atoms with Gasteiger partial charge in [-0.05, 0) is 24.0 Å². The molecule has 1 aliphatic heterocycles. The van der Waals surface area contributed by atoms with E-state index in [1.807, 2.05) is 0 Å². The summed E-state index contributed by atoms with van der Waals surface area (Å²) in [5, 5.41) is 38.2. The number of esters is 1. The number of hydrogen-bond acceptors (Lipinski definition) is 10. The number of halogens is 4. The fourth-order valence-electron chi connectivity index (χ4n) is 5.52. The first kappa shape index (κ1) is 39.8. The first-order valence-corrected chi connectivity index (χ1v) is 15.5. The highest BCUT2D eigenvalue weighted by molar-refractivity contribution is 5.73. The van der Waals surface area contributed by atoms with Crippen molar-refractivity contribution in [3.63, 3.8) is 0 Å². The zero-order chi connectivity index (χ0) is 37.0. The lowest BCUT2D eigenvalue weighted by Gasteiger charge is -2.37. The predicted octanol–water partition coefficient (Wildman–Crippen LogP) is 1.25. The van der Waals surface area contributed by atoms with E-state index < -0.39 is 84.4 Å². The third-order valence-corrected chi connectivity index (χ3v) is 7.97. The highest BCUT2D eigenvalue weighted by Crippen LogP contribution is 2.27. The average Bonchev–Trinajstić information content (AvgIpc) is 3.02. The third-order valence-electron chi connectivity index (χ3n) is 7.97. The molecule has 14 nitrogen and oxygen atoms in total. The number of carboxylic acids is 4. The maximum absolute atomic E-state index is 13.9. The smallest absolute Gasteiger partial charge is 0.317 e. The van der Waals surface area contributed by atoms with Gasteiger partial charge in [-0.15, -0.1) is 0 Å². The van der Waals surface area contributed by atoms with Crippen molar-refractivity contribution in [2.75, 3.05) is 72.0 Å². The molecule has 1 saturated heterocycles. The van der Waals surface area contributed by atoms with E-state index in [0.717, 1.165) is 0 Å². The Kier molecular flexibility index (Phi) is 15.1. The number of hydrogen-bond donors (Lipinski definition) is 4. The Balaban J connectivity index is 1.80. The minimum Gasteiger partial charge on any atom is -0.480 e. The number of ether oxygens (including phenoxy) is 1. The molecule has 4 N–H and O–H groups in total. The van der Waals surface area contributed by atoms with Crippen LogP contribution < -0.4 is 4.74 Å². The van der Waals surface area contributed by atoms with Gasteiger partial charge in [-0.1, -0.05) is 24.3 Å². The Hall–Kier alpha value is -4.65. The Bertz CT molecular complexity index is 1510.